The van der Waals surface area contributed by atoms with E-state index in [1.165, 1.54) is 16.7 Å². The second-order valence-corrected chi connectivity index (χ2v) is 12.0. The van der Waals surface area contributed by atoms with Crippen molar-refractivity contribution in [2.75, 3.05) is 36.8 Å². The molecule has 0 unspecified atom stereocenters. The monoisotopic (exact) mass is 597 g/mol. The van der Waals surface area contributed by atoms with Crippen molar-refractivity contribution in [2.45, 2.75) is 49.4 Å². The van der Waals surface area contributed by atoms with Crippen molar-refractivity contribution in [2.24, 2.45) is 0 Å². The Morgan fingerprint density at radius 2 is 1.59 bits per heavy atom. The largest absolute Gasteiger partial charge is 0.494 e. The summed E-state index contributed by atoms with van der Waals surface area (Å²) in [6.07, 6.45) is 2.82. The molecule has 220 valence electrons. The van der Waals surface area contributed by atoms with Gasteiger partial charge < -0.3 is 15.0 Å². The summed E-state index contributed by atoms with van der Waals surface area (Å²) < 4.78 is 34.6. The SMILES string of the molecule is CCNC(=O)[C@@H](CC)N(CCc1ccccc1)C(=O)CN(c1ccc(OCC)cc1)S(=O)(=O)c1ccc(SC)cc1. The highest BCUT2D eigenvalue weighted by Crippen LogP contribution is 2.28. The Hall–Kier alpha value is -3.50. The van der Waals surface area contributed by atoms with E-state index >= 15 is 0 Å². The van der Waals surface area contributed by atoms with Gasteiger partial charge in [-0.2, -0.15) is 0 Å². The molecule has 0 saturated heterocycles. The molecule has 0 fully saturated rings. The minimum absolute atomic E-state index is 0.0728. The average Bonchev–Trinajstić information content (AvgIpc) is 2.99. The molecule has 0 radical (unpaired) electrons. The zero-order chi connectivity index (χ0) is 29.8. The zero-order valence-corrected chi connectivity index (χ0v) is 25.7. The highest BCUT2D eigenvalue weighted by Gasteiger charge is 2.33. The van der Waals surface area contributed by atoms with Crippen molar-refractivity contribution in [3.05, 3.63) is 84.4 Å². The molecule has 1 N–H and O–H groups in total. The fourth-order valence-electron chi connectivity index (χ4n) is 4.47. The molecule has 0 aromatic heterocycles. The maximum absolute atomic E-state index is 14.0. The van der Waals surface area contributed by atoms with E-state index in [1.807, 2.05) is 57.4 Å². The van der Waals surface area contributed by atoms with Crippen LogP contribution in [0.5, 0.6) is 5.75 Å². The Morgan fingerprint density at radius 3 is 2.15 bits per heavy atom. The second kappa shape index (κ2) is 15.5. The second-order valence-electron chi connectivity index (χ2n) is 9.26. The van der Waals surface area contributed by atoms with Crippen LogP contribution in [-0.2, 0) is 26.0 Å². The van der Waals surface area contributed by atoms with Crippen LogP contribution >= 0.6 is 11.8 Å². The first-order valence-electron chi connectivity index (χ1n) is 13.8. The summed E-state index contributed by atoms with van der Waals surface area (Å²) in [6.45, 7) is 6.22. The van der Waals surface area contributed by atoms with Gasteiger partial charge in [-0.1, -0.05) is 37.3 Å². The minimum atomic E-state index is -4.13. The highest BCUT2D eigenvalue weighted by molar-refractivity contribution is 7.98. The summed E-state index contributed by atoms with van der Waals surface area (Å²) in [7, 11) is -4.13. The number of nitrogens with zero attached hydrogens (tertiary/aromatic N) is 2. The van der Waals surface area contributed by atoms with Gasteiger partial charge in [0, 0.05) is 18.0 Å². The normalized spacial score (nSPS) is 11.9. The van der Waals surface area contributed by atoms with Gasteiger partial charge in [-0.05, 0) is 87.0 Å². The number of amides is 2. The Kier molecular flexibility index (Phi) is 12.1. The molecule has 10 heteroatoms. The number of thioether (sulfide) groups is 1. The van der Waals surface area contributed by atoms with Crippen molar-refractivity contribution in [3.8, 4) is 5.75 Å². The van der Waals surface area contributed by atoms with Gasteiger partial charge in [0.25, 0.3) is 10.0 Å². The number of hydrogen-bond donors (Lipinski definition) is 1. The average molecular weight is 598 g/mol. The third-order valence-electron chi connectivity index (χ3n) is 6.58. The number of ether oxygens (including phenoxy) is 1. The minimum Gasteiger partial charge on any atom is -0.494 e. The molecule has 3 aromatic rings. The van der Waals surface area contributed by atoms with Crippen molar-refractivity contribution in [1.29, 1.82) is 0 Å². The first kappa shape index (κ1) is 32.0. The standard InChI is InChI=1S/C31H39N3O5S2/c1-5-29(31(36)32-6-2)33(22-21-24-11-9-8-10-12-24)30(35)23-34(25-13-15-26(16-14-25)39-7-3)41(37,38)28-19-17-27(40-4)18-20-28/h8-20,29H,5-7,21-23H2,1-4H3,(H,32,36)/t29-/m1/s1. The van der Waals surface area contributed by atoms with Gasteiger partial charge in [0.2, 0.25) is 11.8 Å². The maximum Gasteiger partial charge on any atom is 0.264 e. The molecule has 3 aromatic carbocycles. The highest BCUT2D eigenvalue weighted by atomic mass is 32.2. The van der Waals surface area contributed by atoms with E-state index in [1.54, 1.807) is 48.5 Å². The van der Waals surface area contributed by atoms with Crippen LogP contribution in [0.15, 0.2) is 88.7 Å². The number of likely N-dealkylation sites (N-methyl/N-ethyl adjacent to an activating group) is 1. The van der Waals surface area contributed by atoms with Gasteiger partial charge in [0.05, 0.1) is 17.2 Å². The van der Waals surface area contributed by atoms with Crippen molar-refractivity contribution in [1.82, 2.24) is 10.2 Å². The lowest BCUT2D eigenvalue weighted by Crippen LogP contribution is -2.53. The topological polar surface area (TPSA) is 96.0 Å². The predicted octanol–water partition coefficient (Wildman–Crippen LogP) is 4.99. The molecule has 1 atom stereocenters. The molecule has 0 aliphatic heterocycles. The molecule has 0 aliphatic rings. The van der Waals surface area contributed by atoms with Crippen LogP contribution in [0, 0.1) is 0 Å². The van der Waals surface area contributed by atoms with E-state index in [0.717, 1.165) is 14.8 Å². The molecular formula is C31H39N3O5S2. The van der Waals surface area contributed by atoms with E-state index in [-0.39, 0.29) is 17.3 Å². The molecule has 41 heavy (non-hydrogen) atoms. The molecular weight excluding hydrogens is 558 g/mol. The molecule has 0 bridgehead atoms. The van der Waals surface area contributed by atoms with Crippen LogP contribution in [0.3, 0.4) is 0 Å². The van der Waals surface area contributed by atoms with E-state index in [0.29, 0.717) is 37.4 Å². The van der Waals surface area contributed by atoms with E-state index < -0.39 is 28.5 Å². The number of sulfonamides is 1. The lowest BCUT2D eigenvalue weighted by molar-refractivity contribution is -0.139. The van der Waals surface area contributed by atoms with E-state index in [4.69, 9.17) is 4.74 Å². The molecule has 0 saturated carbocycles. The Bertz CT molecular complexity index is 1370. The molecule has 0 heterocycles. The van der Waals surface area contributed by atoms with Crippen LogP contribution < -0.4 is 14.4 Å². The molecule has 2 amide bonds. The van der Waals surface area contributed by atoms with Gasteiger partial charge in [0.15, 0.2) is 0 Å². The van der Waals surface area contributed by atoms with Gasteiger partial charge in [-0.3, -0.25) is 13.9 Å². The van der Waals surface area contributed by atoms with Crippen LogP contribution in [0.1, 0.15) is 32.8 Å². The van der Waals surface area contributed by atoms with Crippen LogP contribution in [0.2, 0.25) is 0 Å². The molecule has 8 nitrogen and oxygen atoms in total. The van der Waals surface area contributed by atoms with Gasteiger partial charge >= 0.3 is 0 Å². The fraction of sp³-hybridized carbons (Fsp3) is 0.355. The van der Waals surface area contributed by atoms with Gasteiger partial charge in [-0.25, -0.2) is 8.42 Å². The predicted molar refractivity (Wildman–Crippen MR) is 165 cm³/mol. The van der Waals surface area contributed by atoms with Crippen molar-refractivity contribution in [3.63, 3.8) is 0 Å². The van der Waals surface area contributed by atoms with E-state index in [2.05, 4.69) is 5.32 Å². The van der Waals surface area contributed by atoms with Crippen LogP contribution in [-0.4, -0.2) is 63.7 Å². The maximum atomic E-state index is 14.0. The Balaban J connectivity index is 2.01. The fourth-order valence-corrected chi connectivity index (χ4v) is 6.29. The number of carbonyl (C=O) groups excluding carboxylic acids is 2. The first-order chi connectivity index (χ1) is 19.7. The third kappa shape index (κ3) is 8.50. The van der Waals surface area contributed by atoms with Crippen LogP contribution in [0.25, 0.3) is 0 Å². The summed E-state index contributed by atoms with van der Waals surface area (Å²) in [5, 5.41) is 2.82. The van der Waals surface area contributed by atoms with Gasteiger partial charge in [0.1, 0.15) is 18.3 Å². The van der Waals surface area contributed by atoms with E-state index in [9.17, 15) is 18.0 Å². The smallest absolute Gasteiger partial charge is 0.264 e. The number of nitrogens with one attached hydrogen (secondary N) is 1. The summed E-state index contributed by atoms with van der Waals surface area (Å²) >= 11 is 1.51. The summed E-state index contributed by atoms with van der Waals surface area (Å²) in [6, 6.07) is 22.1. The van der Waals surface area contributed by atoms with Crippen molar-refractivity contribution >= 4 is 39.3 Å². The number of carbonyl (C=O) groups is 2. The Morgan fingerprint density at radius 1 is 0.927 bits per heavy atom. The van der Waals surface area contributed by atoms with Crippen LogP contribution in [0.4, 0.5) is 5.69 Å². The number of hydrogen-bond acceptors (Lipinski definition) is 6. The summed E-state index contributed by atoms with van der Waals surface area (Å²) in [5.74, 6) is -0.132. The molecule has 3 rings (SSSR count). The summed E-state index contributed by atoms with van der Waals surface area (Å²) in [5.41, 5.74) is 1.34. The quantitative estimate of drug-likeness (QED) is 0.248. The zero-order valence-electron chi connectivity index (χ0n) is 24.1. The first-order valence-corrected chi connectivity index (χ1v) is 16.4. The number of benzene rings is 3. The van der Waals surface area contributed by atoms with Gasteiger partial charge in [-0.15, -0.1) is 11.8 Å². The summed E-state index contributed by atoms with van der Waals surface area (Å²) in [4.78, 5) is 29.5. The Labute approximate surface area is 248 Å². The molecule has 0 aliphatic carbocycles. The molecule has 0 spiro atoms. The van der Waals surface area contributed by atoms with Crippen molar-refractivity contribution < 1.29 is 22.7 Å². The number of rotatable bonds is 15. The lowest BCUT2D eigenvalue weighted by atomic mass is 10.1. The lowest BCUT2D eigenvalue weighted by Gasteiger charge is -2.33. The number of anilines is 1. The third-order valence-corrected chi connectivity index (χ3v) is 9.11.